The predicted molar refractivity (Wildman–Crippen MR) is 97.8 cm³/mol. The minimum Gasteiger partial charge on any atom is -0.320 e. The number of para-hydroxylation sites is 1. The minimum absolute atomic E-state index is 0.0129. The molecule has 1 atom stereocenters. The molecule has 1 N–H and O–H groups in total. The number of carbonyl (C=O) groups is 3. The van der Waals surface area contributed by atoms with E-state index in [0.717, 1.165) is 5.56 Å². The quantitative estimate of drug-likeness (QED) is 0.887. The third kappa shape index (κ3) is 2.34. The summed E-state index contributed by atoms with van der Waals surface area (Å²) in [5.41, 5.74) is -0.0122. The zero-order valence-corrected chi connectivity index (χ0v) is 15.0. The summed E-state index contributed by atoms with van der Waals surface area (Å²) in [4.78, 5) is 41.4. The summed E-state index contributed by atoms with van der Waals surface area (Å²) in [6, 6.07) is 11.2. The van der Waals surface area contributed by atoms with Crippen LogP contribution in [-0.2, 0) is 9.59 Å². The Labute approximate surface area is 155 Å². The fraction of sp³-hybridized carbons (Fsp3) is 0.250. The molecular weight excluding hydrogens is 349 g/mol. The maximum atomic E-state index is 14.2. The average molecular weight is 367 g/mol. The molecule has 27 heavy (non-hydrogen) atoms. The fourth-order valence-corrected chi connectivity index (χ4v) is 3.87. The van der Waals surface area contributed by atoms with Gasteiger partial charge in [-0.05, 0) is 36.8 Å². The number of likely N-dealkylation sites (N-methyl/N-ethyl adjacent to an activating group) is 1. The molecule has 7 heteroatoms. The van der Waals surface area contributed by atoms with Gasteiger partial charge in [-0.15, -0.1) is 0 Å². The van der Waals surface area contributed by atoms with Gasteiger partial charge < -0.3 is 10.2 Å². The summed E-state index contributed by atoms with van der Waals surface area (Å²) in [5.74, 6) is -1.78. The SMILES string of the molecule is Cc1ccc(NC(=O)[C@]23CCC(=O)N2c2ccccc2C(=O)N3C)c(F)c1. The summed E-state index contributed by atoms with van der Waals surface area (Å²) in [6.07, 6.45) is 0.261. The normalized spacial score (nSPS) is 21.1. The van der Waals surface area contributed by atoms with E-state index in [1.165, 1.54) is 29.0 Å². The molecular formula is C20H18FN3O3. The molecule has 0 bridgehead atoms. The highest BCUT2D eigenvalue weighted by Gasteiger charge is 2.59. The lowest BCUT2D eigenvalue weighted by Gasteiger charge is -2.47. The summed E-state index contributed by atoms with van der Waals surface area (Å²) >= 11 is 0. The first-order chi connectivity index (χ1) is 12.9. The van der Waals surface area contributed by atoms with Gasteiger partial charge in [-0.1, -0.05) is 18.2 Å². The lowest BCUT2D eigenvalue weighted by molar-refractivity contribution is -0.128. The molecule has 0 aliphatic carbocycles. The van der Waals surface area contributed by atoms with Crippen LogP contribution in [0.1, 0.15) is 28.8 Å². The van der Waals surface area contributed by atoms with Gasteiger partial charge in [0.2, 0.25) is 11.6 Å². The number of nitrogens with zero attached hydrogens (tertiary/aromatic N) is 2. The van der Waals surface area contributed by atoms with Crippen molar-refractivity contribution < 1.29 is 18.8 Å². The predicted octanol–water partition coefficient (Wildman–Crippen LogP) is 2.68. The van der Waals surface area contributed by atoms with Crippen molar-refractivity contribution in [2.45, 2.75) is 25.4 Å². The molecule has 2 aliphatic heterocycles. The topological polar surface area (TPSA) is 69.7 Å². The summed E-state index contributed by atoms with van der Waals surface area (Å²) < 4.78 is 14.2. The number of anilines is 2. The van der Waals surface area contributed by atoms with Crippen molar-refractivity contribution >= 4 is 29.1 Å². The van der Waals surface area contributed by atoms with Crippen LogP contribution < -0.4 is 10.2 Å². The number of amides is 3. The van der Waals surface area contributed by atoms with Crippen LogP contribution in [0.5, 0.6) is 0 Å². The van der Waals surface area contributed by atoms with E-state index in [1.807, 2.05) is 0 Å². The number of hydrogen-bond donors (Lipinski definition) is 1. The highest BCUT2D eigenvalue weighted by atomic mass is 19.1. The Bertz CT molecular complexity index is 990. The van der Waals surface area contributed by atoms with E-state index in [-0.39, 0.29) is 30.3 Å². The molecule has 2 aliphatic rings. The third-order valence-corrected chi connectivity index (χ3v) is 5.28. The van der Waals surface area contributed by atoms with Gasteiger partial charge in [0.25, 0.3) is 11.8 Å². The van der Waals surface area contributed by atoms with Crippen molar-refractivity contribution in [3.63, 3.8) is 0 Å². The molecule has 1 saturated heterocycles. The molecule has 0 saturated carbocycles. The molecule has 3 amide bonds. The molecule has 6 nitrogen and oxygen atoms in total. The zero-order chi connectivity index (χ0) is 19.3. The first kappa shape index (κ1) is 17.2. The number of fused-ring (bicyclic) bond motifs is 3. The van der Waals surface area contributed by atoms with Gasteiger partial charge in [-0.2, -0.15) is 0 Å². The van der Waals surface area contributed by atoms with Crippen LogP contribution in [0.3, 0.4) is 0 Å². The van der Waals surface area contributed by atoms with Crippen LogP contribution in [0.4, 0.5) is 15.8 Å². The first-order valence-electron chi connectivity index (χ1n) is 8.64. The Balaban J connectivity index is 1.81. The van der Waals surface area contributed by atoms with Crippen molar-refractivity contribution in [2.75, 3.05) is 17.3 Å². The Morgan fingerprint density at radius 2 is 1.93 bits per heavy atom. The van der Waals surface area contributed by atoms with Crippen molar-refractivity contribution in [3.05, 3.63) is 59.4 Å². The van der Waals surface area contributed by atoms with Crippen LogP contribution in [-0.4, -0.2) is 35.3 Å². The number of hydrogen-bond acceptors (Lipinski definition) is 3. The summed E-state index contributed by atoms with van der Waals surface area (Å²) in [5, 5.41) is 2.57. The highest BCUT2D eigenvalue weighted by Crippen LogP contribution is 2.44. The van der Waals surface area contributed by atoms with Crippen molar-refractivity contribution in [1.29, 1.82) is 0 Å². The second kappa shape index (κ2) is 5.90. The van der Waals surface area contributed by atoms with Crippen LogP contribution in [0.2, 0.25) is 0 Å². The van der Waals surface area contributed by atoms with E-state index in [1.54, 1.807) is 37.3 Å². The second-order valence-electron chi connectivity index (χ2n) is 6.86. The Morgan fingerprint density at radius 3 is 2.67 bits per heavy atom. The molecule has 138 valence electrons. The number of carbonyl (C=O) groups excluding carboxylic acids is 3. The van der Waals surface area contributed by atoms with E-state index in [4.69, 9.17) is 0 Å². The second-order valence-corrected chi connectivity index (χ2v) is 6.86. The molecule has 0 unspecified atom stereocenters. The molecule has 0 spiro atoms. The summed E-state index contributed by atoms with van der Waals surface area (Å²) in [7, 11) is 1.49. The van der Waals surface area contributed by atoms with Gasteiger partial charge in [0.1, 0.15) is 5.82 Å². The Hall–Kier alpha value is -3.22. The molecule has 2 heterocycles. The first-order valence-corrected chi connectivity index (χ1v) is 8.64. The standard InChI is InChI=1S/C20H18FN3O3/c1-12-7-8-15(14(21)11-12)22-19(27)20-10-9-17(25)24(20)16-6-4-3-5-13(16)18(26)23(20)2/h3-8,11H,9-10H2,1-2H3,(H,22,27)/t20-/m0/s1. The maximum absolute atomic E-state index is 14.2. The largest absolute Gasteiger partial charge is 0.320 e. The third-order valence-electron chi connectivity index (χ3n) is 5.28. The molecule has 2 aromatic rings. The smallest absolute Gasteiger partial charge is 0.271 e. The van der Waals surface area contributed by atoms with Crippen molar-refractivity contribution in [3.8, 4) is 0 Å². The van der Waals surface area contributed by atoms with E-state index >= 15 is 0 Å². The van der Waals surface area contributed by atoms with Crippen molar-refractivity contribution in [1.82, 2.24) is 4.90 Å². The molecule has 0 radical (unpaired) electrons. The van der Waals surface area contributed by atoms with Gasteiger partial charge in [-0.25, -0.2) is 4.39 Å². The monoisotopic (exact) mass is 367 g/mol. The van der Waals surface area contributed by atoms with Crippen LogP contribution >= 0.6 is 0 Å². The molecule has 0 aromatic heterocycles. The van der Waals surface area contributed by atoms with Gasteiger partial charge >= 0.3 is 0 Å². The number of aryl methyl sites for hydroxylation is 1. The number of nitrogens with one attached hydrogen (secondary N) is 1. The van der Waals surface area contributed by atoms with E-state index < -0.39 is 17.4 Å². The van der Waals surface area contributed by atoms with Crippen molar-refractivity contribution in [2.24, 2.45) is 0 Å². The lowest BCUT2D eigenvalue weighted by atomic mass is 9.96. The summed E-state index contributed by atoms with van der Waals surface area (Å²) in [6.45, 7) is 1.75. The zero-order valence-electron chi connectivity index (χ0n) is 15.0. The lowest BCUT2D eigenvalue weighted by Crippen LogP contribution is -2.68. The molecule has 4 rings (SSSR count). The van der Waals surface area contributed by atoms with Gasteiger partial charge in [0, 0.05) is 19.9 Å². The van der Waals surface area contributed by atoms with Crippen LogP contribution in [0, 0.1) is 12.7 Å². The molecule has 1 fully saturated rings. The van der Waals surface area contributed by atoms with Crippen LogP contribution in [0.15, 0.2) is 42.5 Å². The Kier molecular flexibility index (Phi) is 3.76. The van der Waals surface area contributed by atoms with E-state index in [2.05, 4.69) is 5.32 Å². The number of rotatable bonds is 2. The Morgan fingerprint density at radius 1 is 1.19 bits per heavy atom. The molecule has 2 aromatic carbocycles. The van der Waals surface area contributed by atoms with Crippen LogP contribution in [0.25, 0.3) is 0 Å². The van der Waals surface area contributed by atoms with Gasteiger partial charge in [0.05, 0.1) is 16.9 Å². The highest BCUT2D eigenvalue weighted by molar-refractivity contribution is 6.18. The van der Waals surface area contributed by atoms with E-state index in [9.17, 15) is 18.8 Å². The van der Waals surface area contributed by atoms with Gasteiger partial charge in [-0.3, -0.25) is 19.3 Å². The minimum atomic E-state index is -1.51. The number of halogens is 1. The maximum Gasteiger partial charge on any atom is 0.271 e. The fourth-order valence-electron chi connectivity index (χ4n) is 3.87. The average Bonchev–Trinajstić information content (AvgIpc) is 3.01. The number of benzene rings is 2. The van der Waals surface area contributed by atoms with E-state index in [0.29, 0.717) is 11.3 Å². The van der Waals surface area contributed by atoms with Gasteiger partial charge in [0.15, 0.2) is 0 Å².